The molecule has 1 aliphatic rings. The Kier molecular flexibility index (Phi) is 9.21. The van der Waals surface area contributed by atoms with E-state index in [1.54, 1.807) is 39.6 Å². The first-order valence-electron chi connectivity index (χ1n) is 12.9. The van der Waals surface area contributed by atoms with Gasteiger partial charge in [0.25, 0.3) is 0 Å². The van der Waals surface area contributed by atoms with Gasteiger partial charge in [-0.25, -0.2) is 0 Å². The Morgan fingerprint density at radius 3 is 0.897 bits per heavy atom. The molecule has 4 rings (SSSR count). The Bertz CT molecular complexity index is 1360. The molecule has 0 aliphatic heterocycles. The van der Waals surface area contributed by atoms with Crippen molar-refractivity contribution in [3.05, 3.63) is 108 Å². The molecule has 3 aromatic rings. The van der Waals surface area contributed by atoms with Crippen molar-refractivity contribution in [3.63, 3.8) is 0 Å². The molecule has 0 amide bonds. The van der Waals surface area contributed by atoms with E-state index < -0.39 is 0 Å². The highest BCUT2D eigenvalue weighted by Crippen LogP contribution is 2.40. The molecule has 3 aromatic carbocycles. The van der Waals surface area contributed by atoms with Gasteiger partial charge in [0.1, 0.15) is 19.8 Å². The molecule has 0 fully saturated rings. The summed E-state index contributed by atoms with van der Waals surface area (Å²) < 4.78 is 35.0. The van der Waals surface area contributed by atoms with E-state index in [-0.39, 0.29) is 0 Å². The first-order valence-corrected chi connectivity index (χ1v) is 12.9. The quantitative estimate of drug-likeness (QED) is 0.196. The van der Waals surface area contributed by atoms with Crippen molar-refractivity contribution in [1.29, 1.82) is 0 Å². The Balaban J connectivity index is 1.95. The van der Waals surface area contributed by atoms with Crippen molar-refractivity contribution in [1.82, 2.24) is 0 Å². The second-order valence-corrected chi connectivity index (χ2v) is 9.14. The molecule has 39 heavy (non-hydrogen) atoms. The summed E-state index contributed by atoms with van der Waals surface area (Å²) in [5.74, 6) is 4.08. The maximum Gasteiger partial charge on any atom is 0.161 e. The standard InChI is InChI=1S/C33H36O6/c1-7-10-37-31-19-25-14-24-18-30(36-6)33(39-12-9-3)21-27(24)15-26-20-32(38-11-8-2)29(35-5)17-23(26)13-22(25)16-28(31)34-4/h7-9,16-21H,1-3,10-15H2,4-6H3. The van der Waals surface area contributed by atoms with Crippen LogP contribution in [0, 0.1) is 0 Å². The molecule has 0 unspecified atom stereocenters. The Morgan fingerprint density at radius 1 is 0.462 bits per heavy atom. The van der Waals surface area contributed by atoms with Gasteiger partial charge in [0.15, 0.2) is 34.5 Å². The summed E-state index contributed by atoms with van der Waals surface area (Å²) >= 11 is 0. The third-order valence-corrected chi connectivity index (χ3v) is 6.67. The molecule has 0 saturated carbocycles. The van der Waals surface area contributed by atoms with Crippen molar-refractivity contribution < 1.29 is 28.4 Å². The summed E-state index contributed by atoms with van der Waals surface area (Å²) in [4.78, 5) is 0. The summed E-state index contributed by atoms with van der Waals surface area (Å²) in [6, 6.07) is 12.4. The van der Waals surface area contributed by atoms with E-state index in [1.165, 1.54) is 0 Å². The summed E-state index contributed by atoms with van der Waals surface area (Å²) in [6.07, 6.45) is 7.22. The Hall–Kier alpha value is -4.32. The molecule has 1 aliphatic carbocycles. The summed E-state index contributed by atoms with van der Waals surface area (Å²) in [5, 5.41) is 0. The zero-order valence-electron chi connectivity index (χ0n) is 23.0. The Labute approximate surface area is 231 Å². The van der Waals surface area contributed by atoms with Gasteiger partial charge in [0.2, 0.25) is 0 Å². The first-order chi connectivity index (χ1) is 19.0. The maximum absolute atomic E-state index is 5.97. The summed E-state index contributed by atoms with van der Waals surface area (Å²) in [5.41, 5.74) is 6.81. The minimum Gasteiger partial charge on any atom is -0.493 e. The summed E-state index contributed by atoms with van der Waals surface area (Å²) in [7, 11) is 4.97. The van der Waals surface area contributed by atoms with Crippen molar-refractivity contribution in [2.24, 2.45) is 0 Å². The number of hydrogen-bond donors (Lipinski definition) is 0. The average molecular weight is 529 g/mol. The highest BCUT2D eigenvalue weighted by Gasteiger charge is 2.22. The highest BCUT2D eigenvalue weighted by atomic mass is 16.5. The Morgan fingerprint density at radius 2 is 0.692 bits per heavy atom. The van der Waals surface area contributed by atoms with Crippen LogP contribution in [0.25, 0.3) is 0 Å². The van der Waals surface area contributed by atoms with Gasteiger partial charge >= 0.3 is 0 Å². The van der Waals surface area contributed by atoms with Crippen molar-refractivity contribution >= 4 is 0 Å². The molecule has 6 nitrogen and oxygen atoms in total. The fourth-order valence-electron chi connectivity index (χ4n) is 4.80. The molecule has 0 radical (unpaired) electrons. The topological polar surface area (TPSA) is 55.4 Å². The van der Waals surface area contributed by atoms with E-state index in [1.807, 2.05) is 0 Å². The number of ether oxygens (including phenoxy) is 6. The van der Waals surface area contributed by atoms with Crippen molar-refractivity contribution in [3.8, 4) is 34.5 Å². The third-order valence-electron chi connectivity index (χ3n) is 6.67. The highest BCUT2D eigenvalue weighted by molar-refractivity contribution is 5.58. The predicted octanol–water partition coefficient (Wildman–Crippen LogP) is 6.49. The van der Waals surface area contributed by atoms with Gasteiger partial charge in [0.05, 0.1) is 21.3 Å². The van der Waals surface area contributed by atoms with E-state index in [4.69, 9.17) is 28.4 Å². The van der Waals surface area contributed by atoms with Gasteiger partial charge in [-0.05, 0) is 89.0 Å². The zero-order valence-corrected chi connectivity index (χ0v) is 23.0. The molecule has 0 heterocycles. The predicted molar refractivity (Wildman–Crippen MR) is 154 cm³/mol. The van der Waals surface area contributed by atoms with E-state index in [0.29, 0.717) is 73.6 Å². The molecular weight excluding hydrogens is 492 g/mol. The van der Waals surface area contributed by atoms with E-state index in [0.717, 1.165) is 33.4 Å². The smallest absolute Gasteiger partial charge is 0.161 e. The van der Waals surface area contributed by atoms with E-state index in [9.17, 15) is 0 Å². The lowest BCUT2D eigenvalue weighted by Crippen LogP contribution is -2.04. The monoisotopic (exact) mass is 528 g/mol. The average Bonchev–Trinajstić information content (AvgIpc) is 3.01. The second kappa shape index (κ2) is 13.0. The molecule has 0 spiro atoms. The van der Waals surface area contributed by atoms with Crippen LogP contribution in [-0.2, 0) is 19.3 Å². The van der Waals surface area contributed by atoms with Crippen molar-refractivity contribution in [2.75, 3.05) is 41.2 Å². The van der Waals surface area contributed by atoms with Crippen LogP contribution in [0.2, 0.25) is 0 Å². The third kappa shape index (κ3) is 6.23. The number of hydrogen-bond acceptors (Lipinski definition) is 6. The lowest BCUT2D eigenvalue weighted by atomic mass is 9.94. The molecule has 204 valence electrons. The minimum atomic E-state index is 0.384. The van der Waals surface area contributed by atoms with Gasteiger partial charge in [-0.15, -0.1) is 0 Å². The van der Waals surface area contributed by atoms with Crippen LogP contribution < -0.4 is 28.4 Å². The molecule has 0 saturated heterocycles. The van der Waals surface area contributed by atoms with Crippen LogP contribution in [0.15, 0.2) is 74.4 Å². The van der Waals surface area contributed by atoms with Gasteiger partial charge in [0, 0.05) is 0 Å². The first kappa shape index (κ1) is 27.7. The van der Waals surface area contributed by atoms with Gasteiger partial charge in [-0.3, -0.25) is 0 Å². The van der Waals surface area contributed by atoms with Crippen LogP contribution in [-0.4, -0.2) is 41.2 Å². The number of methoxy groups -OCH3 is 3. The lowest BCUT2D eigenvalue weighted by Gasteiger charge is -2.18. The van der Waals surface area contributed by atoms with Crippen LogP contribution in [0.5, 0.6) is 34.5 Å². The number of rotatable bonds is 12. The molecule has 0 aromatic heterocycles. The van der Waals surface area contributed by atoms with Gasteiger partial charge < -0.3 is 28.4 Å². The van der Waals surface area contributed by atoms with Gasteiger partial charge in [-0.1, -0.05) is 38.0 Å². The normalized spacial score (nSPS) is 11.8. The molecule has 0 bridgehead atoms. The fraction of sp³-hybridized carbons (Fsp3) is 0.273. The SMILES string of the molecule is C=CCOc1cc2c(cc1OC)Cc1cc(OC)c(OCC=C)cc1Cc1cc(OCC=C)c(OC)cc1C2. The number of benzene rings is 3. The van der Waals surface area contributed by atoms with Crippen LogP contribution in [0.3, 0.4) is 0 Å². The lowest BCUT2D eigenvalue weighted by molar-refractivity contribution is 0.325. The zero-order chi connectivity index (χ0) is 27.8. The van der Waals surface area contributed by atoms with Crippen LogP contribution >= 0.6 is 0 Å². The van der Waals surface area contributed by atoms with Crippen LogP contribution in [0.4, 0.5) is 0 Å². The summed E-state index contributed by atoms with van der Waals surface area (Å²) in [6.45, 7) is 12.5. The molecular formula is C33H36O6. The van der Waals surface area contributed by atoms with E-state index in [2.05, 4.69) is 56.1 Å². The van der Waals surface area contributed by atoms with Gasteiger partial charge in [-0.2, -0.15) is 0 Å². The second-order valence-electron chi connectivity index (χ2n) is 9.14. The minimum absolute atomic E-state index is 0.384. The van der Waals surface area contributed by atoms with Crippen molar-refractivity contribution in [2.45, 2.75) is 19.3 Å². The largest absolute Gasteiger partial charge is 0.493 e. The fourth-order valence-corrected chi connectivity index (χ4v) is 4.80. The van der Waals surface area contributed by atoms with E-state index >= 15 is 0 Å². The van der Waals surface area contributed by atoms with Crippen LogP contribution in [0.1, 0.15) is 33.4 Å². The maximum atomic E-state index is 5.97. The number of fused-ring (bicyclic) bond motifs is 3. The molecule has 0 N–H and O–H groups in total. The molecule has 6 heteroatoms. The molecule has 0 atom stereocenters.